The van der Waals surface area contributed by atoms with Gasteiger partial charge in [-0.3, -0.25) is 9.78 Å². The third-order valence-electron chi connectivity index (χ3n) is 2.04. The molecule has 0 spiro atoms. The first kappa shape index (κ1) is 8.10. The van der Waals surface area contributed by atoms with Gasteiger partial charge in [-0.1, -0.05) is 0 Å². The lowest BCUT2D eigenvalue weighted by molar-refractivity contribution is 0.447. The number of nitrogens with one attached hydrogen (secondary N) is 2. The van der Waals surface area contributed by atoms with Crippen molar-refractivity contribution in [3.8, 4) is 5.88 Å². The maximum absolute atomic E-state index is 11.2. The fourth-order valence-electron chi connectivity index (χ4n) is 1.01. The molecular formula is C8H11N3O2. The van der Waals surface area contributed by atoms with Crippen LogP contribution in [0, 0.1) is 6.92 Å². The summed E-state index contributed by atoms with van der Waals surface area (Å²) < 4.78 is 0. The fourth-order valence-corrected chi connectivity index (χ4v) is 1.01. The zero-order chi connectivity index (χ0) is 9.42. The summed E-state index contributed by atoms with van der Waals surface area (Å²) in [5.41, 5.74) is -0.0444. The van der Waals surface area contributed by atoms with Crippen LogP contribution in [-0.4, -0.2) is 21.1 Å². The highest BCUT2D eigenvalue weighted by Gasteiger charge is 2.22. The first-order valence-electron chi connectivity index (χ1n) is 4.23. The Labute approximate surface area is 74.8 Å². The van der Waals surface area contributed by atoms with Crippen LogP contribution in [0.2, 0.25) is 0 Å². The van der Waals surface area contributed by atoms with Crippen LogP contribution in [0.4, 0.5) is 5.95 Å². The maximum atomic E-state index is 11.2. The van der Waals surface area contributed by atoms with E-state index in [4.69, 9.17) is 0 Å². The Balaban J connectivity index is 2.31. The molecule has 3 N–H and O–H groups in total. The van der Waals surface area contributed by atoms with Gasteiger partial charge in [-0.15, -0.1) is 0 Å². The summed E-state index contributed by atoms with van der Waals surface area (Å²) in [6, 6.07) is 0.408. The molecule has 5 heteroatoms. The van der Waals surface area contributed by atoms with Gasteiger partial charge in [0, 0.05) is 6.04 Å². The smallest absolute Gasteiger partial charge is 0.259 e. The van der Waals surface area contributed by atoms with E-state index in [9.17, 15) is 9.90 Å². The number of H-pyrrole nitrogens is 1. The Morgan fingerprint density at radius 2 is 2.31 bits per heavy atom. The van der Waals surface area contributed by atoms with Crippen LogP contribution in [0.3, 0.4) is 0 Å². The molecule has 5 nitrogen and oxygen atoms in total. The molecule has 2 rings (SSSR count). The molecule has 0 bridgehead atoms. The first-order valence-corrected chi connectivity index (χ1v) is 4.23. The van der Waals surface area contributed by atoms with E-state index in [0.717, 1.165) is 12.8 Å². The van der Waals surface area contributed by atoms with E-state index >= 15 is 0 Å². The third kappa shape index (κ3) is 1.63. The average molecular weight is 181 g/mol. The van der Waals surface area contributed by atoms with Crippen molar-refractivity contribution >= 4 is 5.95 Å². The molecule has 1 aromatic rings. The summed E-state index contributed by atoms with van der Waals surface area (Å²) in [5.74, 6) is 0.155. The molecule has 13 heavy (non-hydrogen) atoms. The summed E-state index contributed by atoms with van der Waals surface area (Å²) in [5, 5.41) is 12.2. The lowest BCUT2D eigenvalue weighted by Gasteiger charge is -2.03. The van der Waals surface area contributed by atoms with E-state index in [1.807, 2.05) is 0 Å². The van der Waals surface area contributed by atoms with Crippen LogP contribution < -0.4 is 10.9 Å². The minimum atomic E-state index is -0.296. The molecule has 1 aliphatic rings. The summed E-state index contributed by atoms with van der Waals surface area (Å²) in [4.78, 5) is 17.5. The van der Waals surface area contributed by atoms with Gasteiger partial charge in [0.2, 0.25) is 11.8 Å². The molecule has 1 fully saturated rings. The Hall–Kier alpha value is -1.52. The van der Waals surface area contributed by atoms with Crippen molar-refractivity contribution in [2.75, 3.05) is 5.32 Å². The second kappa shape index (κ2) is 2.76. The predicted molar refractivity (Wildman–Crippen MR) is 47.9 cm³/mol. The molecule has 70 valence electrons. The Bertz CT molecular complexity index is 381. The van der Waals surface area contributed by atoms with Crippen LogP contribution in [0.15, 0.2) is 4.79 Å². The number of rotatable bonds is 2. The Kier molecular flexibility index (Phi) is 1.72. The third-order valence-corrected chi connectivity index (χ3v) is 2.04. The van der Waals surface area contributed by atoms with Gasteiger partial charge in [-0.05, 0) is 19.8 Å². The number of hydrogen-bond donors (Lipinski definition) is 3. The monoisotopic (exact) mass is 181 g/mol. The van der Waals surface area contributed by atoms with E-state index in [1.54, 1.807) is 0 Å². The van der Waals surface area contributed by atoms with Gasteiger partial charge in [-0.2, -0.15) is 4.98 Å². The second-order valence-electron chi connectivity index (χ2n) is 3.28. The average Bonchev–Trinajstić information content (AvgIpc) is 2.84. The van der Waals surface area contributed by atoms with E-state index in [2.05, 4.69) is 15.3 Å². The lowest BCUT2D eigenvalue weighted by Crippen LogP contribution is -2.15. The van der Waals surface area contributed by atoms with Crippen molar-refractivity contribution in [2.45, 2.75) is 25.8 Å². The zero-order valence-corrected chi connectivity index (χ0v) is 7.29. The van der Waals surface area contributed by atoms with Crippen LogP contribution in [0.25, 0.3) is 0 Å². The molecule has 0 radical (unpaired) electrons. The summed E-state index contributed by atoms with van der Waals surface area (Å²) >= 11 is 0. The molecule has 1 aliphatic carbocycles. The van der Waals surface area contributed by atoms with Gasteiger partial charge in [0.15, 0.2) is 0 Å². The number of anilines is 1. The quantitative estimate of drug-likeness (QED) is 0.615. The lowest BCUT2D eigenvalue weighted by atomic mass is 10.4. The van der Waals surface area contributed by atoms with Gasteiger partial charge >= 0.3 is 0 Å². The Morgan fingerprint density at radius 3 is 2.85 bits per heavy atom. The van der Waals surface area contributed by atoms with Gasteiger partial charge in [0.1, 0.15) is 0 Å². The minimum Gasteiger partial charge on any atom is -0.493 e. The topological polar surface area (TPSA) is 78.0 Å². The van der Waals surface area contributed by atoms with Gasteiger partial charge in [0.05, 0.1) is 5.56 Å². The van der Waals surface area contributed by atoms with E-state index in [0.29, 0.717) is 12.0 Å². The zero-order valence-electron chi connectivity index (χ0n) is 7.29. The van der Waals surface area contributed by atoms with Crippen molar-refractivity contribution in [2.24, 2.45) is 0 Å². The molecular weight excluding hydrogens is 170 g/mol. The van der Waals surface area contributed by atoms with Gasteiger partial charge in [0.25, 0.3) is 5.56 Å². The van der Waals surface area contributed by atoms with Crippen LogP contribution in [-0.2, 0) is 0 Å². The highest BCUT2D eigenvalue weighted by molar-refractivity contribution is 5.33. The minimum absolute atomic E-state index is 0.202. The summed E-state index contributed by atoms with van der Waals surface area (Å²) in [7, 11) is 0. The largest absolute Gasteiger partial charge is 0.493 e. The molecule has 0 aromatic carbocycles. The standard InChI is InChI=1S/C8H11N3O2/c1-4-6(12)10-8(11-7(4)13)9-5-2-3-5/h5H,2-3H2,1H3,(H3,9,10,11,12,13). The van der Waals surface area contributed by atoms with Crippen molar-refractivity contribution in [3.63, 3.8) is 0 Å². The van der Waals surface area contributed by atoms with Gasteiger partial charge < -0.3 is 10.4 Å². The van der Waals surface area contributed by atoms with E-state index < -0.39 is 0 Å². The van der Waals surface area contributed by atoms with Crippen LogP contribution >= 0.6 is 0 Å². The van der Waals surface area contributed by atoms with Gasteiger partial charge in [-0.25, -0.2) is 0 Å². The number of nitrogens with zero attached hydrogens (tertiary/aromatic N) is 1. The van der Waals surface area contributed by atoms with Crippen LogP contribution in [0.5, 0.6) is 5.88 Å². The highest BCUT2D eigenvalue weighted by Crippen LogP contribution is 2.23. The van der Waals surface area contributed by atoms with Crippen LogP contribution in [0.1, 0.15) is 18.4 Å². The van der Waals surface area contributed by atoms with Crippen molar-refractivity contribution < 1.29 is 5.11 Å². The van der Waals surface area contributed by atoms with Crippen molar-refractivity contribution in [3.05, 3.63) is 15.9 Å². The molecule has 1 saturated carbocycles. The fraction of sp³-hybridized carbons (Fsp3) is 0.500. The SMILES string of the molecule is Cc1c(O)nc(NC2CC2)[nH]c1=O. The molecule has 1 heterocycles. The first-order chi connectivity index (χ1) is 6.16. The number of hydrogen-bond acceptors (Lipinski definition) is 4. The van der Waals surface area contributed by atoms with Crippen molar-refractivity contribution in [1.29, 1.82) is 0 Å². The summed E-state index contributed by atoms with van der Waals surface area (Å²) in [6.07, 6.45) is 2.19. The maximum Gasteiger partial charge on any atom is 0.259 e. The Morgan fingerprint density at radius 1 is 1.62 bits per heavy atom. The predicted octanol–water partition coefficient (Wildman–Crippen LogP) is 0.358. The second-order valence-corrected chi connectivity index (χ2v) is 3.28. The number of aromatic nitrogens is 2. The van der Waals surface area contributed by atoms with E-state index in [-0.39, 0.29) is 17.0 Å². The molecule has 1 aromatic heterocycles. The molecule has 0 saturated heterocycles. The number of aromatic hydroxyl groups is 1. The van der Waals surface area contributed by atoms with E-state index in [1.165, 1.54) is 6.92 Å². The molecule has 0 unspecified atom stereocenters. The molecule has 0 amide bonds. The highest BCUT2D eigenvalue weighted by atomic mass is 16.3. The summed E-state index contributed by atoms with van der Waals surface area (Å²) in [6.45, 7) is 1.53. The molecule has 0 atom stereocenters. The number of aromatic amines is 1. The molecule has 0 aliphatic heterocycles. The van der Waals surface area contributed by atoms with Crippen molar-refractivity contribution in [1.82, 2.24) is 9.97 Å². The normalized spacial score (nSPS) is 15.8.